The number of aromatic nitrogens is 1. The van der Waals surface area contributed by atoms with E-state index in [0.29, 0.717) is 17.2 Å². The van der Waals surface area contributed by atoms with E-state index in [0.717, 1.165) is 21.9 Å². The zero-order chi connectivity index (χ0) is 20.3. The molecule has 1 aromatic heterocycles. The molecule has 0 aliphatic carbocycles. The lowest BCUT2D eigenvalue weighted by Gasteiger charge is -2.26. The third-order valence-electron chi connectivity index (χ3n) is 4.85. The quantitative estimate of drug-likeness (QED) is 0.414. The summed E-state index contributed by atoms with van der Waals surface area (Å²) in [4.78, 5) is 17.6. The smallest absolute Gasteiger partial charge is 0.318 e. The van der Waals surface area contributed by atoms with Gasteiger partial charge in [-0.2, -0.15) is 0 Å². The summed E-state index contributed by atoms with van der Waals surface area (Å²) in [7, 11) is 0. The van der Waals surface area contributed by atoms with Crippen LogP contribution in [0.1, 0.15) is 22.7 Å². The van der Waals surface area contributed by atoms with Crippen molar-refractivity contribution in [2.24, 2.45) is 0 Å². The molecule has 30 heavy (non-hydrogen) atoms. The van der Waals surface area contributed by atoms with Crippen LogP contribution in [0.15, 0.2) is 84.2 Å². The molecule has 0 saturated heterocycles. The zero-order valence-electron chi connectivity index (χ0n) is 15.9. The van der Waals surface area contributed by atoms with Crippen LogP contribution < -0.4 is 10.1 Å². The van der Waals surface area contributed by atoms with E-state index in [-0.39, 0.29) is 12.6 Å². The molecule has 0 atom stereocenters. The van der Waals surface area contributed by atoms with Crippen LogP contribution in [0.5, 0.6) is 11.5 Å². The van der Waals surface area contributed by atoms with Crippen LogP contribution >= 0.6 is 11.3 Å². The lowest BCUT2D eigenvalue weighted by Crippen LogP contribution is -2.21. The van der Waals surface area contributed by atoms with Gasteiger partial charge in [-0.05, 0) is 24.3 Å². The van der Waals surface area contributed by atoms with Crippen LogP contribution in [0.4, 0.5) is 10.8 Å². The maximum atomic E-state index is 13.1. The number of hydrogen-bond donors (Lipinski definition) is 1. The van der Waals surface area contributed by atoms with E-state index >= 15 is 0 Å². The number of nitrogens with zero attached hydrogens (tertiary/aromatic N) is 1. The van der Waals surface area contributed by atoms with Gasteiger partial charge in [0.25, 0.3) is 0 Å². The summed E-state index contributed by atoms with van der Waals surface area (Å²) in [5, 5.41) is 5.90. The molecule has 0 bridgehead atoms. The predicted molar refractivity (Wildman–Crippen MR) is 116 cm³/mol. The molecule has 0 fully saturated rings. The summed E-state index contributed by atoms with van der Waals surface area (Å²) in [6.45, 7) is 0.119. The van der Waals surface area contributed by atoms with Crippen LogP contribution in [0.3, 0.4) is 0 Å². The fourth-order valence-electron chi connectivity index (χ4n) is 3.47. The molecule has 5 nitrogen and oxygen atoms in total. The Hall–Kier alpha value is -3.64. The van der Waals surface area contributed by atoms with Crippen LogP contribution in [-0.2, 0) is 16.1 Å². The maximum Gasteiger partial charge on any atom is 0.318 e. The summed E-state index contributed by atoms with van der Waals surface area (Å²) in [6.07, 6.45) is 0. The molecule has 0 amide bonds. The Kier molecular flexibility index (Phi) is 4.91. The number of ether oxygens (including phenoxy) is 2. The fraction of sp³-hybridized carbons (Fsp3) is 0.0833. The van der Waals surface area contributed by atoms with Gasteiger partial charge in [0.1, 0.15) is 24.0 Å². The first kappa shape index (κ1) is 18.4. The second-order valence-electron chi connectivity index (χ2n) is 6.85. The minimum Gasteiger partial charge on any atom is -0.458 e. The average Bonchev–Trinajstić information content (AvgIpc) is 3.23. The van der Waals surface area contributed by atoms with Crippen molar-refractivity contribution in [3.63, 3.8) is 0 Å². The SMILES string of the molecule is O=C(OCc1csc(Nc2ccccc2)n1)C1c2ccccc2Oc2ccccc21. The van der Waals surface area contributed by atoms with Crippen molar-refractivity contribution in [1.82, 2.24) is 4.98 Å². The number of carbonyl (C=O) groups is 1. The molecule has 0 saturated carbocycles. The maximum absolute atomic E-state index is 13.1. The average molecular weight is 414 g/mol. The minimum atomic E-state index is -0.522. The number of carbonyl (C=O) groups excluding carboxylic acids is 1. The Morgan fingerprint density at radius 1 is 0.933 bits per heavy atom. The van der Waals surface area contributed by atoms with Gasteiger partial charge in [-0.25, -0.2) is 4.98 Å². The lowest BCUT2D eigenvalue weighted by molar-refractivity contribution is -0.146. The molecule has 0 unspecified atom stereocenters. The fourth-order valence-corrected chi connectivity index (χ4v) is 4.18. The van der Waals surface area contributed by atoms with E-state index in [2.05, 4.69) is 10.3 Å². The number of benzene rings is 3. The second-order valence-corrected chi connectivity index (χ2v) is 7.71. The van der Waals surface area contributed by atoms with Gasteiger partial charge < -0.3 is 14.8 Å². The first-order valence-corrected chi connectivity index (χ1v) is 10.4. The largest absolute Gasteiger partial charge is 0.458 e. The van der Waals surface area contributed by atoms with Crippen LogP contribution in [0, 0.1) is 0 Å². The first-order chi connectivity index (χ1) is 14.8. The number of hydrogen-bond acceptors (Lipinski definition) is 6. The van der Waals surface area contributed by atoms with Gasteiger partial charge in [-0.1, -0.05) is 54.6 Å². The van der Waals surface area contributed by atoms with Gasteiger partial charge in [0.05, 0.1) is 5.69 Å². The third-order valence-corrected chi connectivity index (χ3v) is 5.66. The van der Waals surface area contributed by atoms with Gasteiger partial charge in [0.2, 0.25) is 0 Å². The summed E-state index contributed by atoms with van der Waals surface area (Å²) in [6, 6.07) is 25.0. The van der Waals surface area contributed by atoms with Gasteiger partial charge in [-0.15, -0.1) is 11.3 Å². The van der Waals surface area contributed by atoms with Crippen molar-refractivity contribution >= 4 is 28.1 Å². The van der Waals surface area contributed by atoms with Gasteiger partial charge in [0.15, 0.2) is 5.13 Å². The molecule has 2 heterocycles. The summed E-state index contributed by atoms with van der Waals surface area (Å²) in [5.74, 6) is 0.526. The number of esters is 1. The van der Waals surface area contributed by atoms with E-state index < -0.39 is 5.92 Å². The molecule has 6 heteroatoms. The van der Waals surface area contributed by atoms with E-state index in [1.54, 1.807) is 0 Å². The van der Waals surface area contributed by atoms with E-state index in [9.17, 15) is 4.79 Å². The molecule has 1 aliphatic rings. The molecule has 1 aliphatic heterocycles. The molecule has 5 rings (SSSR count). The highest BCUT2D eigenvalue weighted by atomic mass is 32.1. The lowest BCUT2D eigenvalue weighted by atomic mass is 9.88. The van der Waals surface area contributed by atoms with E-state index in [1.807, 2.05) is 84.2 Å². The monoisotopic (exact) mass is 414 g/mol. The second kappa shape index (κ2) is 8.00. The van der Waals surface area contributed by atoms with Crippen molar-refractivity contribution in [2.45, 2.75) is 12.5 Å². The molecule has 0 spiro atoms. The highest BCUT2D eigenvalue weighted by Gasteiger charge is 2.33. The highest BCUT2D eigenvalue weighted by molar-refractivity contribution is 7.13. The minimum absolute atomic E-state index is 0.119. The van der Waals surface area contributed by atoms with Crippen molar-refractivity contribution in [2.75, 3.05) is 5.32 Å². The molecule has 0 radical (unpaired) electrons. The Labute approximate surface area is 177 Å². The topological polar surface area (TPSA) is 60.5 Å². The van der Waals surface area contributed by atoms with Crippen molar-refractivity contribution < 1.29 is 14.3 Å². The Bertz CT molecular complexity index is 1140. The van der Waals surface area contributed by atoms with Crippen LogP contribution in [0.25, 0.3) is 0 Å². The number of anilines is 2. The number of rotatable bonds is 5. The Morgan fingerprint density at radius 2 is 1.57 bits per heavy atom. The number of thiazole rings is 1. The number of para-hydroxylation sites is 3. The number of nitrogens with one attached hydrogen (secondary N) is 1. The van der Waals surface area contributed by atoms with Crippen LogP contribution in [-0.4, -0.2) is 11.0 Å². The zero-order valence-corrected chi connectivity index (χ0v) is 16.8. The molecular formula is C24H18N2O3S. The standard InChI is InChI=1S/C24H18N2O3S/c27-23(28-14-17-15-30-24(26-17)25-16-8-2-1-3-9-16)22-18-10-4-6-12-20(18)29-21-13-7-5-11-19(21)22/h1-13,15,22H,14H2,(H,25,26). The summed E-state index contributed by atoms with van der Waals surface area (Å²) < 4.78 is 11.6. The summed E-state index contributed by atoms with van der Waals surface area (Å²) in [5.41, 5.74) is 3.29. The molecule has 4 aromatic rings. The predicted octanol–water partition coefficient (Wildman–Crippen LogP) is 5.87. The van der Waals surface area contributed by atoms with Crippen molar-refractivity contribution in [3.8, 4) is 11.5 Å². The van der Waals surface area contributed by atoms with Crippen LogP contribution in [0.2, 0.25) is 0 Å². The molecule has 3 aromatic carbocycles. The molecule has 1 N–H and O–H groups in total. The van der Waals surface area contributed by atoms with Crippen molar-refractivity contribution in [3.05, 3.63) is 101 Å². The van der Waals surface area contributed by atoms with Gasteiger partial charge in [-0.3, -0.25) is 4.79 Å². The molecule has 148 valence electrons. The molecular weight excluding hydrogens is 396 g/mol. The summed E-state index contributed by atoms with van der Waals surface area (Å²) >= 11 is 1.48. The Morgan fingerprint density at radius 3 is 2.27 bits per heavy atom. The van der Waals surface area contributed by atoms with E-state index in [1.165, 1.54) is 11.3 Å². The van der Waals surface area contributed by atoms with Crippen molar-refractivity contribution in [1.29, 1.82) is 0 Å². The van der Waals surface area contributed by atoms with Gasteiger partial charge >= 0.3 is 5.97 Å². The highest BCUT2D eigenvalue weighted by Crippen LogP contribution is 2.44. The third kappa shape index (κ3) is 3.65. The van der Waals surface area contributed by atoms with Gasteiger partial charge in [0, 0.05) is 22.2 Å². The number of fused-ring (bicyclic) bond motifs is 2. The first-order valence-electron chi connectivity index (χ1n) is 9.57. The van der Waals surface area contributed by atoms with E-state index in [4.69, 9.17) is 9.47 Å². The normalized spacial score (nSPS) is 12.4. The Balaban J connectivity index is 1.32.